The number of fused-ring (bicyclic) bond motifs is 1. The van der Waals surface area contributed by atoms with Gasteiger partial charge < -0.3 is 9.42 Å². The third-order valence-electron chi connectivity index (χ3n) is 4.02. The van der Waals surface area contributed by atoms with Crippen molar-refractivity contribution in [3.63, 3.8) is 0 Å². The van der Waals surface area contributed by atoms with Crippen LogP contribution in [0.5, 0.6) is 0 Å². The summed E-state index contributed by atoms with van der Waals surface area (Å²) in [6.45, 7) is 0.738. The van der Waals surface area contributed by atoms with Crippen LogP contribution in [0.3, 0.4) is 0 Å². The Kier molecular flexibility index (Phi) is 4.08. The highest BCUT2D eigenvalue weighted by atomic mass is 32.1. The van der Waals surface area contributed by atoms with Crippen LogP contribution < -0.4 is 4.90 Å². The molecule has 0 fully saturated rings. The van der Waals surface area contributed by atoms with E-state index >= 15 is 0 Å². The first-order valence-electron chi connectivity index (χ1n) is 7.92. The predicted octanol–water partition coefficient (Wildman–Crippen LogP) is 3.11. The molecular formula is C17H16N4O2S. The van der Waals surface area contributed by atoms with Crippen LogP contribution >= 0.6 is 11.3 Å². The smallest absolute Gasteiger partial charge is 0.227 e. The first-order valence-corrected chi connectivity index (χ1v) is 8.80. The molecule has 3 aromatic heterocycles. The van der Waals surface area contributed by atoms with E-state index in [4.69, 9.17) is 4.52 Å². The lowest BCUT2D eigenvalue weighted by molar-refractivity contribution is -0.118. The van der Waals surface area contributed by atoms with Crippen molar-refractivity contribution < 1.29 is 9.32 Å². The highest BCUT2D eigenvalue weighted by Crippen LogP contribution is 2.26. The Hall–Kier alpha value is -2.54. The van der Waals surface area contributed by atoms with Crippen molar-refractivity contribution in [2.24, 2.45) is 0 Å². The van der Waals surface area contributed by atoms with E-state index in [1.165, 1.54) is 0 Å². The number of nitrogens with zero attached hydrogens (tertiary/aromatic N) is 4. The van der Waals surface area contributed by atoms with E-state index in [0.717, 1.165) is 35.6 Å². The van der Waals surface area contributed by atoms with Crippen molar-refractivity contribution in [2.45, 2.75) is 25.7 Å². The van der Waals surface area contributed by atoms with Gasteiger partial charge >= 0.3 is 0 Å². The fourth-order valence-electron chi connectivity index (χ4n) is 2.86. The lowest BCUT2D eigenvalue weighted by atomic mass is 10.1. The second kappa shape index (κ2) is 6.52. The molecule has 3 aromatic rings. The molecule has 0 aromatic carbocycles. The van der Waals surface area contributed by atoms with E-state index in [-0.39, 0.29) is 5.91 Å². The largest absolute Gasteiger partial charge is 0.339 e. The lowest BCUT2D eigenvalue weighted by Crippen LogP contribution is -2.35. The van der Waals surface area contributed by atoms with Gasteiger partial charge in [-0.1, -0.05) is 11.2 Å². The summed E-state index contributed by atoms with van der Waals surface area (Å²) in [6.07, 6.45) is 4.44. The molecule has 7 heteroatoms. The number of rotatable bonds is 4. The third-order valence-corrected chi connectivity index (χ3v) is 4.88. The van der Waals surface area contributed by atoms with Gasteiger partial charge in [0.15, 0.2) is 0 Å². The fourth-order valence-corrected chi connectivity index (χ4v) is 3.51. The molecule has 4 rings (SSSR count). The molecule has 0 bridgehead atoms. The first kappa shape index (κ1) is 15.0. The summed E-state index contributed by atoms with van der Waals surface area (Å²) >= 11 is 1.56. The number of hydrogen-bond acceptors (Lipinski definition) is 6. The lowest BCUT2D eigenvalue weighted by Gasteiger charge is -2.28. The van der Waals surface area contributed by atoms with Gasteiger partial charge in [-0.05, 0) is 36.4 Å². The highest BCUT2D eigenvalue weighted by Gasteiger charge is 2.23. The van der Waals surface area contributed by atoms with Gasteiger partial charge in [-0.25, -0.2) is 0 Å². The van der Waals surface area contributed by atoms with E-state index in [1.807, 2.05) is 34.5 Å². The number of anilines is 1. The van der Waals surface area contributed by atoms with Crippen molar-refractivity contribution >= 4 is 22.9 Å². The molecule has 0 aliphatic carbocycles. The van der Waals surface area contributed by atoms with Crippen molar-refractivity contribution in [2.75, 3.05) is 11.4 Å². The molecule has 0 N–H and O–H groups in total. The Morgan fingerprint density at radius 1 is 1.33 bits per heavy atom. The van der Waals surface area contributed by atoms with Gasteiger partial charge in [0.25, 0.3) is 0 Å². The number of aryl methyl sites for hydroxylation is 2. The third kappa shape index (κ3) is 2.94. The predicted molar refractivity (Wildman–Crippen MR) is 90.8 cm³/mol. The van der Waals surface area contributed by atoms with Crippen molar-refractivity contribution in [3.8, 4) is 10.7 Å². The fraction of sp³-hybridized carbons (Fsp3) is 0.294. The Bertz CT molecular complexity index is 844. The quantitative estimate of drug-likeness (QED) is 0.730. The molecule has 0 atom stereocenters. The maximum atomic E-state index is 12.6. The zero-order chi connectivity index (χ0) is 16.4. The maximum absolute atomic E-state index is 12.6. The number of carbonyl (C=O) groups is 1. The molecular weight excluding hydrogens is 324 g/mol. The summed E-state index contributed by atoms with van der Waals surface area (Å²) in [5, 5.41) is 5.94. The first-order chi connectivity index (χ1) is 11.8. The Balaban J connectivity index is 1.43. The second-order valence-electron chi connectivity index (χ2n) is 5.61. The molecule has 4 heterocycles. The summed E-state index contributed by atoms with van der Waals surface area (Å²) in [5.74, 6) is 1.15. The monoisotopic (exact) mass is 340 g/mol. The minimum absolute atomic E-state index is 0.0693. The second-order valence-corrected chi connectivity index (χ2v) is 6.55. The number of hydrogen-bond donors (Lipinski definition) is 0. The minimum atomic E-state index is 0.0693. The zero-order valence-electron chi connectivity index (χ0n) is 13.0. The normalized spacial score (nSPS) is 13.8. The number of pyridine rings is 1. The maximum Gasteiger partial charge on any atom is 0.227 e. The molecule has 122 valence electrons. The van der Waals surface area contributed by atoms with Crippen LogP contribution in [0.15, 0.2) is 40.4 Å². The standard InChI is InChI=1S/C17H16N4O2S/c22-16(21-10-2-4-12-13(21)5-1-9-18-12)8-7-15-19-17(20-23-15)14-6-3-11-24-14/h1,3,5-6,9,11H,2,4,7-8,10H2. The molecule has 1 amide bonds. The molecule has 0 saturated heterocycles. The minimum Gasteiger partial charge on any atom is -0.339 e. The number of aromatic nitrogens is 3. The van der Waals surface area contributed by atoms with Crippen LogP contribution in [0.1, 0.15) is 24.4 Å². The zero-order valence-corrected chi connectivity index (χ0v) is 13.8. The molecule has 24 heavy (non-hydrogen) atoms. The highest BCUT2D eigenvalue weighted by molar-refractivity contribution is 7.13. The molecule has 1 aliphatic rings. The van der Waals surface area contributed by atoms with E-state index in [0.29, 0.717) is 24.6 Å². The summed E-state index contributed by atoms with van der Waals surface area (Å²) in [7, 11) is 0. The topological polar surface area (TPSA) is 72.1 Å². The van der Waals surface area contributed by atoms with Crippen LogP contribution in [0.25, 0.3) is 10.7 Å². The Morgan fingerprint density at radius 2 is 2.29 bits per heavy atom. The van der Waals surface area contributed by atoms with Gasteiger partial charge in [0.1, 0.15) is 0 Å². The molecule has 0 radical (unpaired) electrons. The van der Waals surface area contributed by atoms with Crippen molar-refractivity contribution in [1.29, 1.82) is 0 Å². The molecule has 0 unspecified atom stereocenters. The Labute approximate surface area is 143 Å². The summed E-state index contributed by atoms with van der Waals surface area (Å²) in [4.78, 5) is 24.1. The van der Waals surface area contributed by atoms with E-state index < -0.39 is 0 Å². The molecule has 1 aliphatic heterocycles. The van der Waals surface area contributed by atoms with E-state index in [2.05, 4.69) is 15.1 Å². The summed E-state index contributed by atoms with van der Waals surface area (Å²) in [5.41, 5.74) is 1.92. The van der Waals surface area contributed by atoms with Gasteiger partial charge in [-0.3, -0.25) is 9.78 Å². The number of carbonyl (C=O) groups excluding carboxylic acids is 1. The van der Waals surface area contributed by atoms with E-state index in [9.17, 15) is 4.79 Å². The SMILES string of the molecule is O=C(CCc1nc(-c2cccs2)no1)N1CCCc2ncccc21. The van der Waals surface area contributed by atoms with Gasteiger partial charge in [0, 0.05) is 25.6 Å². The van der Waals surface area contributed by atoms with Crippen LogP contribution in [-0.2, 0) is 17.6 Å². The van der Waals surface area contributed by atoms with Crippen LogP contribution in [0.4, 0.5) is 5.69 Å². The van der Waals surface area contributed by atoms with Crippen LogP contribution in [0, 0.1) is 0 Å². The van der Waals surface area contributed by atoms with Crippen LogP contribution in [-0.4, -0.2) is 27.6 Å². The van der Waals surface area contributed by atoms with Crippen molar-refractivity contribution in [3.05, 3.63) is 47.4 Å². The summed E-state index contributed by atoms with van der Waals surface area (Å²) in [6, 6.07) is 7.72. The van der Waals surface area contributed by atoms with Gasteiger partial charge in [0.2, 0.25) is 17.6 Å². The van der Waals surface area contributed by atoms with Crippen LogP contribution in [0.2, 0.25) is 0 Å². The average molecular weight is 340 g/mol. The Morgan fingerprint density at radius 3 is 3.17 bits per heavy atom. The van der Waals surface area contributed by atoms with Gasteiger partial charge in [0.05, 0.1) is 16.3 Å². The molecule has 6 nitrogen and oxygen atoms in total. The molecule has 0 saturated carbocycles. The van der Waals surface area contributed by atoms with Crippen molar-refractivity contribution in [1.82, 2.24) is 15.1 Å². The number of thiophene rings is 1. The average Bonchev–Trinajstić information content (AvgIpc) is 3.30. The van der Waals surface area contributed by atoms with Gasteiger partial charge in [-0.15, -0.1) is 11.3 Å². The molecule has 0 spiro atoms. The van der Waals surface area contributed by atoms with E-state index in [1.54, 1.807) is 17.5 Å². The number of amides is 1. The van der Waals surface area contributed by atoms with Gasteiger partial charge in [-0.2, -0.15) is 4.98 Å². The summed E-state index contributed by atoms with van der Waals surface area (Å²) < 4.78 is 5.26.